The molecule has 0 aliphatic rings. The molecular weight excluding hydrogens is 434 g/mol. The standard InChI is InChI=1S/C24H17N7OS/c1-12(32)20-4-5-21(33-20)22-15-9-19(28-17(15)6-7-27-22)24-23-18(30-31-24)3-2-16(29-23)13-8-14(25)11-26-10-13/h2-11,28H,25H2,1H3,(H,30,31). The Hall–Kier alpha value is -4.37. The molecule has 0 fully saturated rings. The van der Waals surface area contributed by atoms with Crippen molar-refractivity contribution in [2.75, 3.05) is 5.73 Å². The number of nitrogen functional groups attached to an aromatic ring is 1. The van der Waals surface area contributed by atoms with E-state index >= 15 is 0 Å². The highest BCUT2D eigenvalue weighted by molar-refractivity contribution is 7.17. The van der Waals surface area contributed by atoms with Crippen LogP contribution in [0.3, 0.4) is 0 Å². The first-order valence-electron chi connectivity index (χ1n) is 10.2. The number of Topliss-reactive ketones (excluding diaryl/α,β-unsaturated/α-hetero) is 1. The Morgan fingerprint density at radius 3 is 2.76 bits per heavy atom. The fraction of sp³-hybridized carbons (Fsp3) is 0.0417. The minimum Gasteiger partial charge on any atom is -0.397 e. The van der Waals surface area contributed by atoms with E-state index in [0.717, 1.165) is 49.5 Å². The number of hydrogen-bond acceptors (Lipinski definition) is 7. The van der Waals surface area contributed by atoms with Gasteiger partial charge in [-0.15, -0.1) is 11.3 Å². The summed E-state index contributed by atoms with van der Waals surface area (Å²) >= 11 is 1.44. The number of pyridine rings is 3. The first-order chi connectivity index (χ1) is 16.1. The predicted molar refractivity (Wildman–Crippen MR) is 130 cm³/mol. The number of fused-ring (bicyclic) bond motifs is 2. The molecule has 6 aromatic rings. The van der Waals surface area contributed by atoms with Crippen molar-refractivity contribution in [1.29, 1.82) is 0 Å². The second kappa shape index (κ2) is 7.35. The number of carbonyl (C=O) groups excluding carboxylic acids is 1. The molecule has 160 valence electrons. The van der Waals surface area contributed by atoms with Gasteiger partial charge in [0.2, 0.25) is 0 Å². The van der Waals surface area contributed by atoms with Crippen molar-refractivity contribution in [2.45, 2.75) is 6.92 Å². The van der Waals surface area contributed by atoms with E-state index in [1.165, 1.54) is 11.3 Å². The van der Waals surface area contributed by atoms with Crippen LogP contribution in [0.15, 0.2) is 61.1 Å². The zero-order chi connectivity index (χ0) is 22.5. The Morgan fingerprint density at radius 1 is 1.03 bits per heavy atom. The van der Waals surface area contributed by atoms with Crippen molar-refractivity contribution in [3.05, 3.63) is 65.9 Å². The van der Waals surface area contributed by atoms with E-state index in [-0.39, 0.29) is 5.78 Å². The topological polar surface area (TPSA) is 126 Å². The van der Waals surface area contributed by atoms with Crippen molar-refractivity contribution in [1.82, 2.24) is 30.1 Å². The van der Waals surface area contributed by atoms with Gasteiger partial charge in [0.1, 0.15) is 11.2 Å². The fourth-order valence-corrected chi connectivity index (χ4v) is 4.79. The molecule has 8 nitrogen and oxygen atoms in total. The van der Waals surface area contributed by atoms with E-state index in [0.29, 0.717) is 16.3 Å². The van der Waals surface area contributed by atoms with Crippen molar-refractivity contribution in [2.24, 2.45) is 0 Å². The molecule has 0 spiro atoms. The van der Waals surface area contributed by atoms with Crippen LogP contribution in [0, 0.1) is 0 Å². The summed E-state index contributed by atoms with van der Waals surface area (Å²) in [5.74, 6) is 0.0495. The Bertz CT molecular complexity index is 1680. The predicted octanol–water partition coefficient (Wildman–Crippen LogP) is 5.08. The van der Waals surface area contributed by atoms with Gasteiger partial charge in [-0.2, -0.15) is 5.10 Å². The van der Waals surface area contributed by atoms with E-state index in [1.54, 1.807) is 25.5 Å². The van der Waals surface area contributed by atoms with Crippen molar-refractivity contribution in [3.63, 3.8) is 0 Å². The van der Waals surface area contributed by atoms with E-state index in [4.69, 9.17) is 10.7 Å². The molecule has 6 heterocycles. The van der Waals surface area contributed by atoms with Gasteiger partial charge in [-0.25, -0.2) is 4.98 Å². The van der Waals surface area contributed by atoms with Gasteiger partial charge >= 0.3 is 0 Å². The Labute approximate surface area is 191 Å². The molecular formula is C24H17N7OS. The number of carbonyl (C=O) groups is 1. The minimum atomic E-state index is 0.0495. The Morgan fingerprint density at radius 2 is 1.94 bits per heavy atom. The number of anilines is 1. The summed E-state index contributed by atoms with van der Waals surface area (Å²) in [5.41, 5.74) is 12.9. The molecule has 4 N–H and O–H groups in total. The third kappa shape index (κ3) is 3.26. The van der Waals surface area contributed by atoms with Crippen LogP contribution in [0.1, 0.15) is 16.6 Å². The zero-order valence-corrected chi connectivity index (χ0v) is 18.3. The van der Waals surface area contributed by atoms with Crippen LogP contribution in [0.25, 0.3) is 55.2 Å². The molecule has 0 saturated carbocycles. The number of hydrogen-bond donors (Lipinski definition) is 3. The van der Waals surface area contributed by atoms with E-state index in [2.05, 4.69) is 25.1 Å². The highest BCUT2D eigenvalue weighted by atomic mass is 32.1. The number of aromatic nitrogens is 6. The Balaban J connectivity index is 1.48. The molecule has 0 bridgehead atoms. The van der Waals surface area contributed by atoms with E-state index < -0.39 is 0 Å². The van der Waals surface area contributed by atoms with Crippen LogP contribution in [0.2, 0.25) is 0 Å². The molecule has 0 amide bonds. The summed E-state index contributed by atoms with van der Waals surface area (Å²) in [4.78, 5) is 30.4. The lowest BCUT2D eigenvalue weighted by atomic mass is 10.1. The maximum atomic E-state index is 11.7. The lowest BCUT2D eigenvalue weighted by Gasteiger charge is -2.02. The summed E-state index contributed by atoms with van der Waals surface area (Å²) in [6, 6.07) is 13.4. The largest absolute Gasteiger partial charge is 0.397 e. The van der Waals surface area contributed by atoms with Crippen LogP contribution in [-0.2, 0) is 0 Å². The summed E-state index contributed by atoms with van der Waals surface area (Å²) < 4.78 is 0. The quantitative estimate of drug-likeness (QED) is 0.321. The molecule has 0 aliphatic carbocycles. The number of nitrogens with one attached hydrogen (secondary N) is 2. The van der Waals surface area contributed by atoms with Gasteiger partial charge in [0, 0.05) is 35.1 Å². The monoisotopic (exact) mass is 451 g/mol. The van der Waals surface area contributed by atoms with Gasteiger partial charge in [-0.3, -0.25) is 19.9 Å². The zero-order valence-electron chi connectivity index (χ0n) is 17.5. The smallest absolute Gasteiger partial charge is 0.169 e. The van der Waals surface area contributed by atoms with Gasteiger partial charge in [-0.1, -0.05) is 0 Å². The number of rotatable bonds is 4. The number of nitrogens with zero attached hydrogens (tertiary/aromatic N) is 4. The molecule has 9 heteroatoms. The van der Waals surface area contributed by atoms with Crippen LogP contribution >= 0.6 is 11.3 Å². The minimum absolute atomic E-state index is 0.0495. The molecule has 0 aromatic carbocycles. The second-order valence-electron chi connectivity index (χ2n) is 7.70. The number of aromatic amines is 2. The molecule has 6 aromatic heterocycles. The summed E-state index contributed by atoms with van der Waals surface area (Å²) in [6.45, 7) is 1.57. The van der Waals surface area contributed by atoms with Crippen molar-refractivity contribution < 1.29 is 4.79 Å². The Kier molecular flexibility index (Phi) is 4.30. The maximum Gasteiger partial charge on any atom is 0.169 e. The highest BCUT2D eigenvalue weighted by Crippen LogP contribution is 2.35. The van der Waals surface area contributed by atoms with Crippen LogP contribution < -0.4 is 5.73 Å². The molecule has 6 rings (SSSR count). The normalized spacial score (nSPS) is 11.4. The van der Waals surface area contributed by atoms with E-state index in [9.17, 15) is 4.79 Å². The van der Waals surface area contributed by atoms with Crippen LogP contribution in [0.5, 0.6) is 0 Å². The SMILES string of the molecule is CC(=O)c1ccc(-c2nccc3[nH]c(-c4n[nH]c5ccc(-c6cncc(N)c6)nc45)cc23)s1. The van der Waals surface area contributed by atoms with Crippen LogP contribution in [-0.4, -0.2) is 35.9 Å². The molecule has 0 unspecified atom stereocenters. The molecule has 0 aliphatic heterocycles. The highest BCUT2D eigenvalue weighted by Gasteiger charge is 2.17. The maximum absolute atomic E-state index is 11.7. The molecule has 0 saturated heterocycles. The van der Waals surface area contributed by atoms with Crippen LogP contribution in [0.4, 0.5) is 5.69 Å². The van der Waals surface area contributed by atoms with E-state index in [1.807, 2.05) is 42.5 Å². The summed E-state index contributed by atoms with van der Waals surface area (Å²) in [7, 11) is 0. The third-order valence-electron chi connectivity index (χ3n) is 5.45. The second-order valence-corrected chi connectivity index (χ2v) is 8.78. The van der Waals surface area contributed by atoms with Gasteiger partial charge in [0.25, 0.3) is 0 Å². The average Bonchev–Trinajstić information content (AvgIpc) is 3.55. The summed E-state index contributed by atoms with van der Waals surface area (Å²) in [5, 5.41) is 8.54. The van der Waals surface area contributed by atoms with Gasteiger partial charge in [0.15, 0.2) is 5.78 Å². The lowest BCUT2D eigenvalue weighted by Crippen LogP contribution is -1.90. The first-order valence-corrected chi connectivity index (χ1v) is 11.0. The average molecular weight is 452 g/mol. The first kappa shape index (κ1) is 19.3. The number of H-pyrrole nitrogens is 2. The molecule has 0 radical (unpaired) electrons. The lowest BCUT2D eigenvalue weighted by molar-refractivity contribution is 0.102. The summed E-state index contributed by atoms with van der Waals surface area (Å²) in [6.07, 6.45) is 5.10. The van der Waals surface area contributed by atoms with Gasteiger partial charge < -0.3 is 10.7 Å². The number of nitrogens with two attached hydrogens (primary N) is 1. The number of thiophene rings is 1. The number of ketones is 1. The third-order valence-corrected chi connectivity index (χ3v) is 6.65. The van der Waals surface area contributed by atoms with Crippen molar-refractivity contribution >= 4 is 44.7 Å². The fourth-order valence-electron chi connectivity index (χ4n) is 3.88. The van der Waals surface area contributed by atoms with Crippen molar-refractivity contribution in [3.8, 4) is 33.2 Å². The molecule has 0 atom stereocenters. The van der Waals surface area contributed by atoms with Gasteiger partial charge in [0.05, 0.1) is 38.0 Å². The molecule has 33 heavy (non-hydrogen) atoms. The van der Waals surface area contributed by atoms with Gasteiger partial charge in [-0.05, 0) is 49.4 Å².